The van der Waals surface area contributed by atoms with Gasteiger partial charge in [-0.3, -0.25) is 5.10 Å². The van der Waals surface area contributed by atoms with Crippen LogP contribution in [-0.4, -0.2) is 37.2 Å². The van der Waals surface area contributed by atoms with Gasteiger partial charge in [0.2, 0.25) is 0 Å². The molecular weight excluding hydrogens is 316 g/mol. The summed E-state index contributed by atoms with van der Waals surface area (Å²) in [7, 11) is 0. The fourth-order valence-electron chi connectivity index (χ4n) is 3.37. The van der Waals surface area contributed by atoms with Crippen LogP contribution in [0.15, 0.2) is 30.3 Å². The normalized spacial score (nSPS) is 14.4. The number of aromatic nitrogens is 4. The number of aryl methyl sites for hydroxylation is 2. The molecule has 2 N–H and O–H groups in total. The average Bonchev–Trinajstić information content (AvgIpc) is 3.17. The van der Waals surface area contributed by atoms with Gasteiger partial charge in [0.05, 0.1) is 13.1 Å². The van der Waals surface area contributed by atoms with Crippen molar-refractivity contribution in [3.8, 4) is 0 Å². The zero-order valence-corrected chi connectivity index (χ0v) is 14.3. The molecule has 130 valence electrons. The predicted molar refractivity (Wildman–Crippen MR) is 95.0 cm³/mol. The van der Waals surface area contributed by atoms with Gasteiger partial charge >= 0.3 is 6.03 Å². The number of aromatic amines is 1. The molecule has 1 aliphatic heterocycles. The summed E-state index contributed by atoms with van der Waals surface area (Å²) < 4.78 is 2.33. The van der Waals surface area contributed by atoms with Gasteiger partial charge in [-0.15, -0.1) is 0 Å². The molecule has 4 rings (SSSR count). The monoisotopic (exact) mass is 338 g/mol. The SMILES string of the molecule is CCc1n[nH]c(CNC(=O)N2CCCn3c(cc4ccccc43)C2)n1. The first-order valence-corrected chi connectivity index (χ1v) is 8.74. The van der Waals surface area contributed by atoms with Crippen LogP contribution in [-0.2, 0) is 26.1 Å². The Bertz CT molecular complexity index is 896. The van der Waals surface area contributed by atoms with E-state index in [1.54, 1.807) is 0 Å². The highest BCUT2D eigenvalue weighted by Crippen LogP contribution is 2.23. The highest BCUT2D eigenvalue weighted by molar-refractivity contribution is 5.81. The number of urea groups is 1. The van der Waals surface area contributed by atoms with Crippen molar-refractivity contribution in [1.82, 2.24) is 30.0 Å². The summed E-state index contributed by atoms with van der Waals surface area (Å²) in [5.74, 6) is 1.46. The van der Waals surface area contributed by atoms with E-state index in [1.165, 1.54) is 16.6 Å². The molecule has 7 nitrogen and oxygen atoms in total. The van der Waals surface area contributed by atoms with Crippen LogP contribution in [0.4, 0.5) is 4.79 Å². The molecule has 0 unspecified atom stereocenters. The van der Waals surface area contributed by atoms with E-state index in [2.05, 4.69) is 55.4 Å². The fourth-order valence-corrected chi connectivity index (χ4v) is 3.37. The maximum atomic E-state index is 12.6. The van der Waals surface area contributed by atoms with E-state index in [9.17, 15) is 4.79 Å². The standard InChI is InChI=1S/C18H22N6O/c1-2-16-20-17(22-21-16)11-19-18(25)23-8-5-9-24-14(12-23)10-13-6-3-4-7-15(13)24/h3-4,6-7,10H,2,5,8-9,11-12H2,1H3,(H,19,25)(H,20,21,22). The summed E-state index contributed by atoms with van der Waals surface area (Å²) in [4.78, 5) is 18.8. The number of amides is 2. The summed E-state index contributed by atoms with van der Waals surface area (Å²) in [6.07, 6.45) is 1.72. The summed E-state index contributed by atoms with van der Waals surface area (Å²) >= 11 is 0. The number of H-pyrrole nitrogens is 1. The lowest BCUT2D eigenvalue weighted by molar-refractivity contribution is 0.195. The number of carbonyl (C=O) groups is 1. The van der Waals surface area contributed by atoms with Crippen LogP contribution in [0, 0.1) is 0 Å². The molecule has 7 heteroatoms. The van der Waals surface area contributed by atoms with Crippen molar-refractivity contribution in [3.63, 3.8) is 0 Å². The van der Waals surface area contributed by atoms with Crippen LogP contribution in [0.2, 0.25) is 0 Å². The van der Waals surface area contributed by atoms with E-state index in [1.807, 2.05) is 11.8 Å². The van der Waals surface area contributed by atoms with Gasteiger partial charge in [-0.1, -0.05) is 25.1 Å². The fraction of sp³-hybridized carbons (Fsp3) is 0.389. The van der Waals surface area contributed by atoms with E-state index in [0.717, 1.165) is 31.8 Å². The van der Waals surface area contributed by atoms with Crippen LogP contribution in [0.1, 0.15) is 30.7 Å². The Morgan fingerprint density at radius 2 is 2.20 bits per heavy atom. The molecule has 0 spiro atoms. The molecule has 0 saturated carbocycles. The smallest absolute Gasteiger partial charge is 0.318 e. The van der Waals surface area contributed by atoms with E-state index in [0.29, 0.717) is 18.9 Å². The molecule has 0 bridgehead atoms. The number of rotatable bonds is 3. The highest BCUT2D eigenvalue weighted by atomic mass is 16.2. The van der Waals surface area contributed by atoms with Crippen LogP contribution < -0.4 is 5.32 Å². The van der Waals surface area contributed by atoms with Gasteiger partial charge in [0.15, 0.2) is 5.82 Å². The van der Waals surface area contributed by atoms with Crippen molar-refractivity contribution >= 4 is 16.9 Å². The summed E-state index contributed by atoms with van der Waals surface area (Å²) in [6, 6.07) is 10.5. The molecule has 1 aliphatic rings. The van der Waals surface area contributed by atoms with Gasteiger partial charge in [-0.25, -0.2) is 9.78 Å². The molecule has 2 amide bonds. The Morgan fingerprint density at radius 1 is 1.32 bits per heavy atom. The van der Waals surface area contributed by atoms with E-state index >= 15 is 0 Å². The van der Waals surface area contributed by atoms with Gasteiger partial charge in [-0.05, 0) is 23.9 Å². The minimum Gasteiger partial charge on any atom is -0.343 e. The maximum Gasteiger partial charge on any atom is 0.318 e. The number of hydrogen-bond acceptors (Lipinski definition) is 3. The third kappa shape index (κ3) is 3.09. The van der Waals surface area contributed by atoms with Gasteiger partial charge < -0.3 is 14.8 Å². The number of benzene rings is 1. The molecule has 0 saturated heterocycles. The minimum absolute atomic E-state index is 0.0619. The Hall–Kier alpha value is -2.83. The van der Waals surface area contributed by atoms with Crippen molar-refractivity contribution in [2.24, 2.45) is 0 Å². The van der Waals surface area contributed by atoms with Gasteiger partial charge in [-0.2, -0.15) is 5.10 Å². The van der Waals surface area contributed by atoms with Crippen molar-refractivity contribution in [2.75, 3.05) is 6.54 Å². The van der Waals surface area contributed by atoms with E-state index < -0.39 is 0 Å². The molecule has 1 aromatic carbocycles. The molecule has 3 heterocycles. The maximum absolute atomic E-state index is 12.6. The molecule has 0 atom stereocenters. The second-order valence-electron chi connectivity index (χ2n) is 6.33. The number of nitrogens with zero attached hydrogens (tertiary/aromatic N) is 4. The van der Waals surface area contributed by atoms with Gasteiger partial charge in [0.25, 0.3) is 0 Å². The Labute approximate surface area is 146 Å². The number of carbonyl (C=O) groups excluding carboxylic acids is 1. The number of fused-ring (bicyclic) bond motifs is 3. The molecule has 3 aromatic rings. The predicted octanol–water partition coefficient (Wildman–Crippen LogP) is 2.44. The van der Waals surface area contributed by atoms with Crippen molar-refractivity contribution < 1.29 is 4.79 Å². The Morgan fingerprint density at radius 3 is 3.04 bits per heavy atom. The molecule has 0 fully saturated rings. The second-order valence-corrected chi connectivity index (χ2v) is 6.33. The average molecular weight is 338 g/mol. The zero-order valence-electron chi connectivity index (χ0n) is 14.3. The summed E-state index contributed by atoms with van der Waals surface area (Å²) in [6.45, 7) is 4.68. The first kappa shape index (κ1) is 15.7. The number of para-hydroxylation sites is 1. The molecule has 25 heavy (non-hydrogen) atoms. The largest absolute Gasteiger partial charge is 0.343 e. The third-order valence-corrected chi connectivity index (χ3v) is 4.65. The lowest BCUT2D eigenvalue weighted by Crippen LogP contribution is -2.39. The third-order valence-electron chi connectivity index (χ3n) is 4.65. The Kier molecular flexibility index (Phi) is 4.13. The molecular formula is C18H22N6O. The quantitative estimate of drug-likeness (QED) is 0.770. The van der Waals surface area contributed by atoms with Gasteiger partial charge in [0, 0.05) is 30.7 Å². The second kappa shape index (κ2) is 6.58. The Balaban J connectivity index is 1.46. The molecule has 2 aromatic heterocycles. The highest BCUT2D eigenvalue weighted by Gasteiger charge is 2.20. The van der Waals surface area contributed by atoms with E-state index in [-0.39, 0.29) is 6.03 Å². The number of nitrogens with one attached hydrogen (secondary N) is 2. The van der Waals surface area contributed by atoms with Crippen LogP contribution >= 0.6 is 0 Å². The van der Waals surface area contributed by atoms with Crippen molar-refractivity contribution in [2.45, 2.75) is 39.4 Å². The van der Waals surface area contributed by atoms with Crippen LogP contribution in [0.25, 0.3) is 10.9 Å². The summed E-state index contributed by atoms with van der Waals surface area (Å²) in [5.41, 5.74) is 2.43. The van der Waals surface area contributed by atoms with Gasteiger partial charge in [0.1, 0.15) is 5.82 Å². The van der Waals surface area contributed by atoms with E-state index in [4.69, 9.17) is 0 Å². The van der Waals surface area contributed by atoms with Crippen molar-refractivity contribution in [1.29, 1.82) is 0 Å². The van der Waals surface area contributed by atoms with Crippen LogP contribution in [0.3, 0.4) is 0 Å². The van der Waals surface area contributed by atoms with Crippen LogP contribution in [0.5, 0.6) is 0 Å². The first-order valence-electron chi connectivity index (χ1n) is 8.74. The summed E-state index contributed by atoms with van der Waals surface area (Å²) in [5, 5.41) is 11.1. The minimum atomic E-state index is -0.0619. The first-order chi connectivity index (χ1) is 12.2. The topological polar surface area (TPSA) is 78.8 Å². The number of hydrogen-bond donors (Lipinski definition) is 2. The lowest BCUT2D eigenvalue weighted by Gasteiger charge is -2.20. The zero-order chi connectivity index (χ0) is 17.2. The molecule has 0 aliphatic carbocycles. The molecule has 0 radical (unpaired) electrons. The lowest BCUT2D eigenvalue weighted by atomic mass is 10.2. The van der Waals surface area contributed by atoms with Crippen molar-refractivity contribution in [3.05, 3.63) is 47.7 Å².